The van der Waals surface area contributed by atoms with E-state index in [0.29, 0.717) is 16.4 Å². The van der Waals surface area contributed by atoms with Crippen LogP contribution in [0.5, 0.6) is 0 Å². The highest BCUT2D eigenvalue weighted by molar-refractivity contribution is 6.05. The van der Waals surface area contributed by atoms with Crippen LogP contribution in [-0.4, -0.2) is 25.3 Å². The fourth-order valence-electron chi connectivity index (χ4n) is 3.38. The maximum atomic E-state index is 13.9. The van der Waals surface area contributed by atoms with Gasteiger partial charge in [-0.2, -0.15) is 13.2 Å². The number of furan rings is 1. The first-order valence-corrected chi connectivity index (χ1v) is 9.12. The lowest BCUT2D eigenvalue weighted by Gasteiger charge is -2.27. The minimum atomic E-state index is -4.65. The van der Waals surface area contributed by atoms with Crippen molar-refractivity contribution in [2.45, 2.75) is 38.5 Å². The quantitative estimate of drug-likeness (QED) is 0.430. The Labute approximate surface area is 164 Å². The van der Waals surface area contributed by atoms with Gasteiger partial charge in [0.2, 0.25) is 0 Å². The third-order valence-electron chi connectivity index (χ3n) is 4.68. The van der Waals surface area contributed by atoms with Gasteiger partial charge in [-0.1, -0.05) is 19.9 Å². The molecule has 3 aromatic rings. The molecule has 156 valence electrons. The molecule has 3 rings (SSSR count). The summed E-state index contributed by atoms with van der Waals surface area (Å²) in [5.41, 5.74) is 0.526. The van der Waals surface area contributed by atoms with Crippen LogP contribution in [0, 0.1) is 11.7 Å². The molecule has 1 heterocycles. The Balaban J connectivity index is 2.05. The smallest absolute Gasteiger partial charge is 0.407 e. The zero-order chi connectivity index (χ0) is 21.3. The van der Waals surface area contributed by atoms with E-state index >= 15 is 0 Å². The second kappa shape index (κ2) is 8.02. The van der Waals surface area contributed by atoms with E-state index in [-0.39, 0.29) is 23.5 Å². The normalized spacial score (nSPS) is 14.5. The highest BCUT2D eigenvalue weighted by atomic mass is 19.4. The molecule has 1 unspecified atom stereocenters. The van der Waals surface area contributed by atoms with Gasteiger partial charge in [-0.3, -0.25) is 10.1 Å². The van der Waals surface area contributed by atoms with Crippen LogP contribution in [0.2, 0.25) is 0 Å². The molecule has 0 saturated heterocycles. The number of hydrogen-bond donors (Lipinski definition) is 1. The lowest BCUT2D eigenvalue weighted by Crippen LogP contribution is -2.45. The van der Waals surface area contributed by atoms with Crippen LogP contribution >= 0.6 is 0 Å². The Bertz CT molecular complexity index is 1030. The number of fused-ring (bicyclic) bond motifs is 3. The number of carbonyl (C=O) groups excluding carboxylic acids is 1. The summed E-state index contributed by atoms with van der Waals surface area (Å²) in [6, 6.07) is 4.73. The lowest BCUT2D eigenvalue weighted by molar-refractivity contribution is -0.164. The third kappa shape index (κ3) is 4.53. The molecule has 4 nitrogen and oxygen atoms in total. The molecule has 29 heavy (non-hydrogen) atoms. The molecular weight excluding hydrogens is 390 g/mol. The molecule has 0 radical (unpaired) electrons. The van der Waals surface area contributed by atoms with Crippen LogP contribution in [-0.2, 0) is 9.53 Å². The van der Waals surface area contributed by atoms with E-state index in [0.717, 1.165) is 7.11 Å². The first-order valence-electron chi connectivity index (χ1n) is 9.12. The molecule has 0 bridgehead atoms. The van der Waals surface area contributed by atoms with Crippen LogP contribution in [0.3, 0.4) is 0 Å². The maximum Gasteiger partial charge on any atom is 0.407 e. The van der Waals surface area contributed by atoms with Crippen LogP contribution in [0.4, 0.5) is 17.6 Å². The average molecular weight is 411 g/mol. The second-order valence-electron chi connectivity index (χ2n) is 7.34. The minimum Gasteiger partial charge on any atom is -0.468 e. The monoisotopic (exact) mass is 411 g/mol. The number of benzene rings is 2. The minimum absolute atomic E-state index is 0.0179. The Morgan fingerprint density at radius 1 is 1.10 bits per heavy atom. The Morgan fingerprint density at radius 3 is 2.45 bits per heavy atom. The van der Waals surface area contributed by atoms with Crippen LogP contribution in [0.25, 0.3) is 21.9 Å². The maximum absolute atomic E-state index is 13.9. The Hall–Kier alpha value is -2.61. The summed E-state index contributed by atoms with van der Waals surface area (Å²) in [4.78, 5) is 12.0. The van der Waals surface area contributed by atoms with Gasteiger partial charge in [0.1, 0.15) is 29.1 Å². The van der Waals surface area contributed by atoms with Crippen LogP contribution in [0.1, 0.15) is 31.9 Å². The summed E-state index contributed by atoms with van der Waals surface area (Å²) in [5, 5.41) is 3.36. The fraction of sp³-hybridized carbons (Fsp3) is 0.381. The van der Waals surface area contributed by atoms with Gasteiger partial charge in [0, 0.05) is 16.8 Å². The number of rotatable bonds is 6. The molecular formula is C21H21F4NO3. The average Bonchev–Trinajstić information content (AvgIpc) is 2.99. The molecule has 0 amide bonds. The molecule has 0 aliphatic heterocycles. The zero-order valence-electron chi connectivity index (χ0n) is 16.1. The Kier molecular flexibility index (Phi) is 5.84. The van der Waals surface area contributed by atoms with E-state index in [9.17, 15) is 22.4 Å². The van der Waals surface area contributed by atoms with Gasteiger partial charge in [-0.25, -0.2) is 4.39 Å². The van der Waals surface area contributed by atoms with E-state index in [4.69, 9.17) is 4.42 Å². The topological polar surface area (TPSA) is 51.5 Å². The second-order valence-corrected chi connectivity index (χ2v) is 7.34. The van der Waals surface area contributed by atoms with Crippen LogP contribution in [0.15, 0.2) is 40.8 Å². The van der Waals surface area contributed by atoms with E-state index in [1.54, 1.807) is 0 Å². The predicted octanol–water partition coefficient (Wildman–Crippen LogP) is 5.51. The largest absolute Gasteiger partial charge is 0.468 e. The van der Waals surface area contributed by atoms with E-state index in [1.165, 1.54) is 36.4 Å². The summed E-state index contributed by atoms with van der Waals surface area (Å²) in [7, 11) is 1.14. The third-order valence-corrected chi connectivity index (χ3v) is 4.68. The molecule has 0 fully saturated rings. The van der Waals surface area contributed by atoms with Crippen molar-refractivity contribution >= 4 is 27.9 Å². The number of esters is 1. The number of methoxy groups -OCH3 is 1. The number of halogens is 4. The SMILES string of the molecule is COC(=O)[C@H](CC(C)C)NC(c1ccc2oc3cc(F)ccc3c2c1)C(F)(F)F. The zero-order valence-corrected chi connectivity index (χ0v) is 16.1. The molecule has 0 spiro atoms. The molecule has 1 N–H and O–H groups in total. The number of nitrogens with one attached hydrogen (secondary N) is 1. The molecule has 0 aliphatic carbocycles. The lowest BCUT2D eigenvalue weighted by atomic mass is 9.99. The number of ether oxygens (including phenoxy) is 1. The van der Waals surface area contributed by atoms with Crippen molar-refractivity contribution in [3.05, 3.63) is 47.8 Å². The number of hydrogen-bond acceptors (Lipinski definition) is 4. The van der Waals surface area contributed by atoms with Gasteiger partial charge >= 0.3 is 12.1 Å². The first-order chi connectivity index (χ1) is 13.6. The van der Waals surface area contributed by atoms with Gasteiger partial charge in [-0.05, 0) is 42.2 Å². The van der Waals surface area contributed by atoms with Gasteiger partial charge < -0.3 is 9.15 Å². The van der Waals surface area contributed by atoms with Crippen molar-refractivity contribution in [3.63, 3.8) is 0 Å². The van der Waals surface area contributed by atoms with Gasteiger partial charge in [-0.15, -0.1) is 0 Å². The fourth-order valence-corrected chi connectivity index (χ4v) is 3.38. The van der Waals surface area contributed by atoms with Crippen LogP contribution < -0.4 is 5.32 Å². The van der Waals surface area contributed by atoms with Gasteiger partial charge in [0.15, 0.2) is 0 Å². The van der Waals surface area contributed by atoms with Gasteiger partial charge in [0.25, 0.3) is 0 Å². The van der Waals surface area contributed by atoms with Crippen molar-refractivity contribution in [3.8, 4) is 0 Å². The van der Waals surface area contributed by atoms with Gasteiger partial charge in [0.05, 0.1) is 7.11 Å². The van der Waals surface area contributed by atoms with E-state index in [1.807, 2.05) is 13.8 Å². The predicted molar refractivity (Wildman–Crippen MR) is 101 cm³/mol. The highest BCUT2D eigenvalue weighted by Crippen LogP contribution is 2.37. The molecule has 2 atom stereocenters. The molecule has 0 saturated carbocycles. The summed E-state index contributed by atoms with van der Waals surface area (Å²) in [6.45, 7) is 3.62. The van der Waals surface area contributed by atoms with Crippen molar-refractivity contribution < 1.29 is 31.5 Å². The first kappa shape index (κ1) is 21.1. The summed E-state index contributed by atoms with van der Waals surface area (Å²) < 4.78 is 65.2. The number of alkyl halides is 3. The molecule has 2 aromatic carbocycles. The highest BCUT2D eigenvalue weighted by Gasteiger charge is 2.43. The summed E-state index contributed by atoms with van der Waals surface area (Å²) in [5.74, 6) is -1.27. The van der Waals surface area contributed by atoms with Crippen molar-refractivity contribution in [2.24, 2.45) is 5.92 Å². The standard InChI is InChI=1S/C21H21F4NO3/c1-11(2)8-16(20(27)28-3)26-19(21(23,24)25)12-4-7-17-15(9-12)14-6-5-13(22)10-18(14)29-17/h4-7,9-11,16,19,26H,8H2,1-3H3/t16-,19?/m0/s1. The van der Waals surface area contributed by atoms with Crippen molar-refractivity contribution in [1.29, 1.82) is 0 Å². The number of carbonyl (C=O) groups is 1. The van der Waals surface area contributed by atoms with E-state index in [2.05, 4.69) is 10.1 Å². The molecule has 1 aromatic heterocycles. The summed E-state index contributed by atoms with van der Waals surface area (Å²) >= 11 is 0. The Morgan fingerprint density at radius 2 is 1.83 bits per heavy atom. The summed E-state index contributed by atoms with van der Waals surface area (Å²) in [6.07, 6.45) is -4.46. The molecule has 0 aliphatic rings. The van der Waals surface area contributed by atoms with Crippen molar-refractivity contribution in [2.75, 3.05) is 7.11 Å². The molecule has 8 heteroatoms. The van der Waals surface area contributed by atoms with Crippen molar-refractivity contribution in [1.82, 2.24) is 5.32 Å². The van der Waals surface area contributed by atoms with E-state index < -0.39 is 30.0 Å².